The van der Waals surface area contributed by atoms with Crippen molar-refractivity contribution in [3.8, 4) is 0 Å². The Morgan fingerprint density at radius 1 is 0.340 bits per heavy atom. The first-order valence-electron chi connectivity index (χ1n) is 41.0. The highest BCUT2D eigenvalue weighted by molar-refractivity contribution is 9.09. The summed E-state index contributed by atoms with van der Waals surface area (Å²) < 4.78 is 52.9. The number of rotatable bonds is 9. The fraction of sp³-hybridized carbons (Fsp3) is 0.967. The molecule has 16 saturated carbocycles. The molecule has 16 rings (SSSR count). The molecule has 16 aliphatic carbocycles. The molecule has 0 amide bonds. The van der Waals surface area contributed by atoms with E-state index in [9.17, 15) is 57.5 Å². The summed E-state index contributed by atoms with van der Waals surface area (Å²) in [5, 5.41) is 52.4. The van der Waals surface area contributed by atoms with Gasteiger partial charge in [-0.2, -0.15) is 0 Å². The van der Waals surface area contributed by atoms with Crippen LogP contribution in [-0.4, -0.2) is 103 Å². The van der Waals surface area contributed by atoms with E-state index < -0.39 is 49.1 Å². The number of aliphatic hydroxyl groups excluding tert-OH is 1. The van der Waals surface area contributed by atoms with Crippen LogP contribution in [0, 0.1) is 164 Å². The standard InChI is InChI=1S/C21H32BrFO2.C21H35FO2.2C21H33FO2.6CH4/c1-20-8-6-15-14-7-9-21(25,12-23)10-13(14)2-3-16(15)17(20)4-5-18(20)19(24)11-22;3*1-13(23)18-5-6-19-17-4-3-14-11-21(24,12-22)10-8-15(14)16(17)7-9-20(18,19)2;;;;;;/h13-18,25H,2-12H2,1H3;13-19,23-24H,3-12H2,1-2H3;2*14-19,24H,3-12H2,1-2H3;6*1H4/t13-,14+,15-,16-,17+,18-,20+,21-;13?,14-,15+,16-,17-,18-,19+,20-,21-;14-,15+,16-,17-,18-,19+,20-,21+;14-,15+,16-,17-,18-,19+,20-,21-;;;;;;/m1111....../s1. The van der Waals surface area contributed by atoms with E-state index in [1.54, 1.807) is 13.8 Å². The zero-order valence-electron chi connectivity index (χ0n) is 61.3. The number of fused-ring (bicyclic) bond motifs is 20. The molecule has 5 N–H and O–H groups in total. The smallest absolute Gasteiger partial charge is 0.147 e. The lowest BCUT2D eigenvalue weighted by Gasteiger charge is -2.57. The number of aliphatic hydroxyl groups is 5. The summed E-state index contributed by atoms with van der Waals surface area (Å²) in [6, 6.07) is 0. The van der Waals surface area contributed by atoms with E-state index in [2.05, 4.69) is 43.6 Å². The molecule has 16 fully saturated rings. The highest BCUT2D eigenvalue weighted by atomic mass is 79.9. The van der Waals surface area contributed by atoms with Crippen LogP contribution in [0.15, 0.2) is 0 Å². The Balaban J connectivity index is 0.000000189. The Labute approximate surface area is 635 Å². The summed E-state index contributed by atoms with van der Waals surface area (Å²) in [5.41, 5.74) is -3.15. The van der Waals surface area contributed by atoms with Crippen molar-refractivity contribution in [2.45, 2.75) is 353 Å². The first-order chi connectivity index (χ1) is 46.0. The normalized spacial score (nSPS) is 50.7. The third-order valence-electron chi connectivity index (χ3n) is 35.6. The van der Waals surface area contributed by atoms with Crippen LogP contribution in [-0.2, 0) is 14.4 Å². The van der Waals surface area contributed by atoms with Gasteiger partial charge in [-0.15, -0.1) is 0 Å². The molecule has 33 atom stereocenters. The lowest BCUT2D eigenvalue weighted by molar-refractivity contribution is -0.132. The van der Waals surface area contributed by atoms with E-state index in [0.29, 0.717) is 150 Å². The van der Waals surface area contributed by atoms with Crippen molar-refractivity contribution >= 4 is 33.3 Å². The number of halogens is 5. The van der Waals surface area contributed by atoms with Gasteiger partial charge in [0.1, 0.15) is 44.0 Å². The van der Waals surface area contributed by atoms with Crippen molar-refractivity contribution in [1.82, 2.24) is 0 Å². The van der Waals surface area contributed by atoms with E-state index in [-0.39, 0.29) is 84.7 Å². The van der Waals surface area contributed by atoms with Crippen LogP contribution in [0.5, 0.6) is 0 Å². The molecule has 0 aliphatic heterocycles. The van der Waals surface area contributed by atoms with Crippen LogP contribution in [0.3, 0.4) is 0 Å². The zero-order valence-corrected chi connectivity index (χ0v) is 62.9. The summed E-state index contributed by atoms with van der Waals surface area (Å²) >= 11 is 3.39. The van der Waals surface area contributed by atoms with Crippen molar-refractivity contribution < 1.29 is 57.5 Å². The molecule has 0 bridgehead atoms. The number of carbonyl (C=O) groups is 3. The lowest BCUT2D eigenvalue weighted by atomic mass is 9.49. The molecule has 13 heteroatoms. The van der Waals surface area contributed by atoms with E-state index in [0.717, 1.165) is 117 Å². The maximum absolute atomic E-state index is 13.2. The van der Waals surface area contributed by atoms with Gasteiger partial charge in [0.2, 0.25) is 0 Å². The van der Waals surface area contributed by atoms with Gasteiger partial charge in [0.25, 0.3) is 0 Å². The van der Waals surface area contributed by atoms with Gasteiger partial charge < -0.3 is 25.5 Å². The minimum atomic E-state index is -1.04. The molecule has 16 aliphatic rings. The molecule has 0 saturated heterocycles. The molecule has 0 spiro atoms. The van der Waals surface area contributed by atoms with Crippen molar-refractivity contribution in [2.24, 2.45) is 164 Å². The van der Waals surface area contributed by atoms with E-state index in [4.69, 9.17) is 0 Å². The maximum Gasteiger partial charge on any atom is 0.147 e. The molecule has 600 valence electrons. The SMILES string of the molecule is C.C.C.C.C.C.CC(=O)[C@H]1CC[C@H]2[C@@H]3CC[C@@H]4C[C@@](O)(CF)CC[C@@H]4[C@H]3CC[C@]12C.CC(=O)[C@H]1CC[C@H]2[C@@H]3CC[C@@H]4C[C@](O)(CF)CC[C@@H]4[C@H]3CC[C@]12C.CC(O)[C@H]1CC[C@H]2[C@@H]3CC[C@@H]4C[C@@](O)(CF)CC[C@@H]4[C@H]3CC[C@]12C.C[C@]12CC[C@H]3[C@@H](CC[C@@H]4C[C@@](O)(CF)CC[C@@H]43)[C@@H]1CC[C@@H]2C(=O)CBr. The van der Waals surface area contributed by atoms with Gasteiger partial charge in [-0.05, 0) is 398 Å². The van der Waals surface area contributed by atoms with Gasteiger partial charge in [-0.25, -0.2) is 17.6 Å². The van der Waals surface area contributed by atoms with Crippen molar-refractivity contribution in [3.05, 3.63) is 0 Å². The van der Waals surface area contributed by atoms with Gasteiger partial charge in [0, 0.05) is 17.8 Å². The van der Waals surface area contributed by atoms with Gasteiger partial charge in [-0.3, -0.25) is 14.4 Å². The second kappa shape index (κ2) is 34.1. The molecule has 8 nitrogen and oxygen atoms in total. The van der Waals surface area contributed by atoms with E-state index >= 15 is 0 Å². The summed E-state index contributed by atoms with van der Waals surface area (Å²) in [7, 11) is 0. The van der Waals surface area contributed by atoms with Crippen LogP contribution in [0.1, 0.15) is 324 Å². The molecule has 1 unspecified atom stereocenters. The Kier molecular flexibility index (Phi) is 29.6. The Bertz CT molecular complexity index is 2700. The monoisotopic (exact) mass is 1520 g/mol. The highest BCUT2D eigenvalue weighted by Gasteiger charge is 2.64. The predicted molar refractivity (Wildman–Crippen MR) is 418 cm³/mol. The van der Waals surface area contributed by atoms with Crippen molar-refractivity contribution in [3.63, 3.8) is 0 Å². The van der Waals surface area contributed by atoms with Crippen LogP contribution >= 0.6 is 15.9 Å². The van der Waals surface area contributed by atoms with Gasteiger partial charge >= 0.3 is 0 Å². The number of hydrogen-bond donors (Lipinski definition) is 5. The van der Waals surface area contributed by atoms with Crippen LogP contribution in [0.2, 0.25) is 0 Å². The summed E-state index contributed by atoms with van der Waals surface area (Å²) in [4.78, 5) is 36.7. The lowest BCUT2D eigenvalue weighted by Crippen LogP contribution is -2.52. The second-order valence-electron chi connectivity index (χ2n) is 39.5. The average Bonchev–Trinajstić information content (AvgIpc) is 1.69. The molecule has 0 aromatic carbocycles. The number of ketones is 3. The molecule has 0 aromatic rings. The molecular weight excluding hydrogens is 1360 g/mol. The van der Waals surface area contributed by atoms with Gasteiger partial charge in [0.15, 0.2) is 0 Å². The molecule has 0 aromatic heterocycles. The van der Waals surface area contributed by atoms with Crippen molar-refractivity contribution in [1.29, 1.82) is 0 Å². The molecule has 0 heterocycles. The number of hydrogen-bond acceptors (Lipinski definition) is 8. The van der Waals surface area contributed by atoms with Crippen LogP contribution in [0.25, 0.3) is 0 Å². The summed E-state index contributed by atoms with van der Waals surface area (Å²) in [6.45, 7) is 12.9. The van der Waals surface area contributed by atoms with Crippen LogP contribution in [0.4, 0.5) is 17.6 Å². The Hall–Kier alpha value is -0.990. The fourth-order valence-electron chi connectivity index (χ4n) is 31.1. The minimum Gasteiger partial charge on any atom is -0.393 e. The zero-order chi connectivity index (χ0) is 69.2. The molecule has 0 radical (unpaired) electrons. The summed E-state index contributed by atoms with van der Waals surface area (Å²) in [5.74, 6) is 16.4. The van der Waals surface area contributed by atoms with Crippen molar-refractivity contribution in [2.75, 3.05) is 32.0 Å². The average molecular weight is 1520 g/mol. The fourth-order valence-corrected chi connectivity index (χ4v) is 31.5. The predicted octanol–water partition coefficient (Wildman–Crippen LogP) is 22.2. The largest absolute Gasteiger partial charge is 0.393 e. The van der Waals surface area contributed by atoms with Crippen LogP contribution < -0.4 is 0 Å². The summed E-state index contributed by atoms with van der Waals surface area (Å²) in [6.07, 6.45) is 38.0. The van der Waals surface area contributed by atoms with E-state index in [1.165, 1.54) is 116 Å². The number of carbonyl (C=O) groups excluding carboxylic acids is 3. The first-order valence-corrected chi connectivity index (χ1v) is 42.1. The molecule has 103 heavy (non-hydrogen) atoms. The maximum atomic E-state index is 13.2. The Morgan fingerprint density at radius 3 is 0.845 bits per heavy atom. The highest BCUT2D eigenvalue weighted by Crippen LogP contribution is 2.70. The number of Topliss-reactive ketones (excluding diaryl/α,β-unsaturated/α-hetero) is 3. The topological polar surface area (TPSA) is 152 Å². The first kappa shape index (κ1) is 89.2. The number of alkyl halides is 5. The van der Waals surface area contributed by atoms with Gasteiger partial charge in [-0.1, -0.05) is 88.2 Å². The third-order valence-corrected chi connectivity index (χ3v) is 36.1. The molecular formula is C90H157BrF4O8. The minimum absolute atomic E-state index is 0. The second-order valence-corrected chi connectivity index (χ2v) is 40.0. The third kappa shape index (κ3) is 16.0. The quantitative estimate of drug-likeness (QED) is 0.113. The Morgan fingerprint density at radius 2 is 0.583 bits per heavy atom. The van der Waals surface area contributed by atoms with E-state index in [1.807, 2.05) is 6.92 Å². The van der Waals surface area contributed by atoms with Gasteiger partial charge in [0.05, 0.1) is 33.8 Å².